The summed E-state index contributed by atoms with van der Waals surface area (Å²) in [5.74, 6) is 0.688. The van der Waals surface area contributed by atoms with E-state index in [0.717, 1.165) is 0 Å². The molecule has 1 aromatic heterocycles. The molecule has 0 unspecified atom stereocenters. The first kappa shape index (κ1) is 12.5. The minimum atomic E-state index is -0.134. The molecule has 0 fully saturated rings. The highest BCUT2D eigenvalue weighted by atomic mass is 16.5. The van der Waals surface area contributed by atoms with E-state index in [1.54, 1.807) is 18.3 Å². The molecule has 88 valence electrons. The fourth-order valence-electron chi connectivity index (χ4n) is 1.21. The maximum Gasteiger partial charge on any atom is 0.256 e. The number of amides is 1. The van der Waals surface area contributed by atoms with Crippen molar-refractivity contribution in [2.75, 3.05) is 13.2 Å². The van der Waals surface area contributed by atoms with Gasteiger partial charge in [0, 0.05) is 12.7 Å². The first-order chi connectivity index (χ1) is 7.65. The monoisotopic (exact) mass is 222 g/mol. The molecule has 16 heavy (non-hydrogen) atoms. The number of carbonyl (C=O) groups is 1. The molecular formula is C12H18N2O2. The van der Waals surface area contributed by atoms with Crippen LogP contribution in [0.5, 0.6) is 5.88 Å². The summed E-state index contributed by atoms with van der Waals surface area (Å²) in [5, 5.41) is 2.84. The van der Waals surface area contributed by atoms with Gasteiger partial charge in [0.15, 0.2) is 0 Å². The van der Waals surface area contributed by atoms with Gasteiger partial charge in [0.25, 0.3) is 5.91 Å². The van der Waals surface area contributed by atoms with Crippen molar-refractivity contribution in [2.24, 2.45) is 5.92 Å². The molecule has 1 N–H and O–H groups in total. The van der Waals surface area contributed by atoms with E-state index < -0.39 is 0 Å². The van der Waals surface area contributed by atoms with Crippen LogP contribution in [-0.2, 0) is 0 Å². The quantitative estimate of drug-likeness (QED) is 0.827. The third-order valence-corrected chi connectivity index (χ3v) is 1.97. The van der Waals surface area contributed by atoms with E-state index >= 15 is 0 Å². The molecule has 0 aromatic carbocycles. The van der Waals surface area contributed by atoms with E-state index in [9.17, 15) is 4.79 Å². The number of hydrogen-bond donors (Lipinski definition) is 1. The fraction of sp³-hybridized carbons (Fsp3) is 0.500. The van der Waals surface area contributed by atoms with Gasteiger partial charge in [-0.15, -0.1) is 0 Å². The summed E-state index contributed by atoms with van der Waals surface area (Å²) in [4.78, 5) is 15.8. The smallest absolute Gasteiger partial charge is 0.256 e. The van der Waals surface area contributed by atoms with Gasteiger partial charge >= 0.3 is 0 Å². The molecule has 0 atom stereocenters. The zero-order valence-electron chi connectivity index (χ0n) is 9.99. The Kier molecular flexibility index (Phi) is 4.76. The third-order valence-electron chi connectivity index (χ3n) is 1.97. The van der Waals surface area contributed by atoms with Gasteiger partial charge in [-0.2, -0.15) is 0 Å². The van der Waals surface area contributed by atoms with Crippen molar-refractivity contribution < 1.29 is 9.53 Å². The predicted molar refractivity (Wildman–Crippen MR) is 62.6 cm³/mol. The Balaban J connectivity index is 2.73. The molecule has 0 aliphatic carbocycles. The van der Waals surface area contributed by atoms with Crippen LogP contribution in [0.15, 0.2) is 18.3 Å². The van der Waals surface area contributed by atoms with Crippen LogP contribution in [-0.4, -0.2) is 24.0 Å². The van der Waals surface area contributed by atoms with Crippen LogP contribution >= 0.6 is 0 Å². The lowest BCUT2D eigenvalue weighted by Crippen LogP contribution is -2.27. The third kappa shape index (κ3) is 3.53. The van der Waals surface area contributed by atoms with E-state index in [1.165, 1.54) is 0 Å². The zero-order valence-corrected chi connectivity index (χ0v) is 9.99. The van der Waals surface area contributed by atoms with Gasteiger partial charge in [-0.1, -0.05) is 13.8 Å². The molecule has 1 amide bonds. The van der Waals surface area contributed by atoms with Crippen LogP contribution in [0, 0.1) is 5.92 Å². The average molecular weight is 222 g/mol. The van der Waals surface area contributed by atoms with Gasteiger partial charge in [0.1, 0.15) is 5.56 Å². The maximum absolute atomic E-state index is 11.8. The first-order valence-corrected chi connectivity index (χ1v) is 5.51. The van der Waals surface area contributed by atoms with E-state index in [4.69, 9.17) is 4.74 Å². The molecule has 0 bridgehead atoms. The predicted octanol–water partition coefficient (Wildman–Crippen LogP) is 1.87. The molecule has 0 saturated carbocycles. The largest absolute Gasteiger partial charge is 0.477 e. The Bertz CT molecular complexity index is 351. The maximum atomic E-state index is 11.8. The van der Waals surface area contributed by atoms with Crippen LogP contribution in [0.4, 0.5) is 0 Å². The van der Waals surface area contributed by atoms with Crippen LogP contribution in [0.3, 0.4) is 0 Å². The second-order valence-electron chi connectivity index (χ2n) is 3.89. The van der Waals surface area contributed by atoms with Gasteiger partial charge in [0.2, 0.25) is 5.88 Å². The molecule has 0 aliphatic rings. The van der Waals surface area contributed by atoms with E-state index in [1.807, 2.05) is 20.8 Å². The molecule has 0 radical (unpaired) electrons. The molecular weight excluding hydrogens is 204 g/mol. The number of hydrogen-bond acceptors (Lipinski definition) is 3. The van der Waals surface area contributed by atoms with Crippen molar-refractivity contribution in [1.82, 2.24) is 10.3 Å². The highest BCUT2D eigenvalue weighted by Gasteiger charge is 2.12. The summed E-state index contributed by atoms with van der Waals surface area (Å²) in [7, 11) is 0. The van der Waals surface area contributed by atoms with Crippen molar-refractivity contribution in [3.63, 3.8) is 0 Å². The fourth-order valence-corrected chi connectivity index (χ4v) is 1.21. The lowest BCUT2D eigenvalue weighted by molar-refractivity contribution is 0.0944. The minimum Gasteiger partial charge on any atom is -0.477 e. The second kappa shape index (κ2) is 6.10. The van der Waals surface area contributed by atoms with Crippen molar-refractivity contribution >= 4 is 5.91 Å². The van der Waals surface area contributed by atoms with Crippen LogP contribution in [0.2, 0.25) is 0 Å². The summed E-state index contributed by atoms with van der Waals surface area (Å²) in [5.41, 5.74) is 0.491. The normalized spacial score (nSPS) is 10.2. The van der Waals surface area contributed by atoms with Crippen molar-refractivity contribution in [2.45, 2.75) is 20.8 Å². The molecule has 0 aliphatic heterocycles. The van der Waals surface area contributed by atoms with Gasteiger partial charge in [0.05, 0.1) is 6.61 Å². The SMILES string of the molecule is CCOc1ncccc1C(=O)NCC(C)C. The molecule has 1 heterocycles. The zero-order chi connectivity index (χ0) is 12.0. The summed E-state index contributed by atoms with van der Waals surface area (Å²) in [6.07, 6.45) is 1.62. The summed E-state index contributed by atoms with van der Waals surface area (Å²) < 4.78 is 5.29. The number of aromatic nitrogens is 1. The van der Waals surface area contributed by atoms with Crippen molar-refractivity contribution in [3.8, 4) is 5.88 Å². The summed E-state index contributed by atoms with van der Waals surface area (Å²) in [6.45, 7) is 7.12. The molecule has 1 rings (SSSR count). The molecule has 0 saturated heterocycles. The highest BCUT2D eigenvalue weighted by molar-refractivity contribution is 5.96. The number of nitrogens with one attached hydrogen (secondary N) is 1. The lowest BCUT2D eigenvalue weighted by atomic mass is 10.2. The number of carbonyl (C=O) groups excluding carboxylic acids is 1. The van der Waals surface area contributed by atoms with Gasteiger partial charge < -0.3 is 10.1 Å². The molecule has 0 spiro atoms. The number of ether oxygens (including phenoxy) is 1. The summed E-state index contributed by atoms with van der Waals surface area (Å²) >= 11 is 0. The minimum absolute atomic E-state index is 0.134. The molecule has 1 aromatic rings. The van der Waals surface area contributed by atoms with Crippen molar-refractivity contribution in [3.05, 3.63) is 23.9 Å². The Labute approximate surface area is 96.0 Å². The Morgan fingerprint density at radius 1 is 1.56 bits per heavy atom. The Hall–Kier alpha value is -1.58. The Morgan fingerprint density at radius 3 is 2.94 bits per heavy atom. The lowest BCUT2D eigenvalue weighted by Gasteiger charge is -2.10. The molecule has 4 heteroatoms. The second-order valence-corrected chi connectivity index (χ2v) is 3.89. The molecule has 4 nitrogen and oxygen atoms in total. The summed E-state index contributed by atoms with van der Waals surface area (Å²) in [6, 6.07) is 3.44. The van der Waals surface area contributed by atoms with Crippen LogP contribution < -0.4 is 10.1 Å². The van der Waals surface area contributed by atoms with Gasteiger partial charge in [-0.25, -0.2) is 4.98 Å². The average Bonchev–Trinajstić information content (AvgIpc) is 2.27. The van der Waals surface area contributed by atoms with Gasteiger partial charge in [-0.3, -0.25) is 4.79 Å². The number of rotatable bonds is 5. The van der Waals surface area contributed by atoms with E-state index in [0.29, 0.717) is 30.5 Å². The van der Waals surface area contributed by atoms with E-state index in [2.05, 4.69) is 10.3 Å². The number of pyridine rings is 1. The Morgan fingerprint density at radius 2 is 2.31 bits per heavy atom. The van der Waals surface area contributed by atoms with Crippen LogP contribution in [0.25, 0.3) is 0 Å². The number of nitrogens with zero attached hydrogens (tertiary/aromatic N) is 1. The first-order valence-electron chi connectivity index (χ1n) is 5.51. The standard InChI is InChI=1S/C12H18N2O2/c1-4-16-12-10(6-5-7-13-12)11(15)14-8-9(2)3/h5-7,9H,4,8H2,1-3H3,(H,14,15). The van der Waals surface area contributed by atoms with Crippen LogP contribution in [0.1, 0.15) is 31.1 Å². The highest BCUT2D eigenvalue weighted by Crippen LogP contribution is 2.13. The topological polar surface area (TPSA) is 51.2 Å². The van der Waals surface area contributed by atoms with Crippen molar-refractivity contribution in [1.29, 1.82) is 0 Å². The van der Waals surface area contributed by atoms with Gasteiger partial charge in [-0.05, 0) is 25.0 Å². The van der Waals surface area contributed by atoms with E-state index in [-0.39, 0.29) is 5.91 Å².